The fourth-order valence-electron chi connectivity index (χ4n) is 3.24. The van der Waals surface area contributed by atoms with Crippen molar-refractivity contribution in [1.82, 2.24) is 24.8 Å². The van der Waals surface area contributed by atoms with Gasteiger partial charge < -0.3 is 4.52 Å². The standard InChI is InChI=1S/C17H18ClN5O/c18-16-6-2-1-5-15(16)17-8-13(21-24-17)9-22-7-3-4-14(22)10-23-12-19-11-20-23/h1-2,5-6,8,11-12,14H,3-4,7,9-10H2. The van der Waals surface area contributed by atoms with Gasteiger partial charge in [0.15, 0.2) is 5.76 Å². The first kappa shape index (κ1) is 15.4. The minimum Gasteiger partial charge on any atom is -0.356 e. The third-order valence-electron chi connectivity index (χ3n) is 4.43. The summed E-state index contributed by atoms with van der Waals surface area (Å²) in [5.41, 5.74) is 1.80. The van der Waals surface area contributed by atoms with Crippen LogP contribution in [-0.2, 0) is 13.1 Å². The van der Waals surface area contributed by atoms with E-state index < -0.39 is 0 Å². The number of aromatic nitrogens is 4. The predicted octanol–water partition coefficient (Wildman–Crippen LogP) is 3.25. The average molecular weight is 344 g/mol. The van der Waals surface area contributed by atoms with E-state index in [1.54, 1.807) is 12.7 Å². The molecule has 7 heteroatoms. The van der Waals surface area contributed by atoms with Crippen molar-refractivity contribution in [2.24, 2.45) is 0 Å². The van der Waals surface area contributed by atoms with Crippen LogP contribution in [0.3, 0.4) is 0 Å². The molecule has 124 valence electrons. The Hall–Kier alpha value is -2.18. The molecule has 6 nitrogen and oxygen atoms in total. The Balaban J connectivity index is 1.46. The summed E-state index contributed by atoms with van der Waals surface area (Å²) in [5.74, 6) is 0.711. The first-order valence-electron chi connectivity index (χ1n) is 8.06. The van der Waals surface area contributed by atoms with Crippen LogP contribution in [0, 0.1) is 0 Å². The Bertz CT molecular complexity index is 801. The molecular formula is C17H18ClN5O. The van der Waals surface area contributed by atoms with Gasteiger partial charge in [-0.1, -0.05) is 28.9 Å². The van der Waals surface area contributed by atoms with Crippen molar-refractivity contribution in [3.8, 4) is 11.3 Å². The smallest absolute Gasteiger partial charge is 0.168 e. The molecule has 4 rings (SSSR count). The monoisotopic (exact) mass is 343 g/mol. The Morgan fingerprint density at radius 3 is 3.04 bits per heavy atom. The van der Waals surface area contributed by atoms with Crippen LogP contribution in [0.2, 0.25) is 5.02 Å². The number of likely N-dealkylation sites (tertiary alicyclic amines) is 1. The molecular weight excluding hydrogens is 326 g/mol. The van der Waals surface area contributed by atoms with Crippen LogP contribution in [0.4, 0.5) is 0 Å². The van der Waals surface area contributed by atoms with E-state index in [1.807, 2.05) is 35.0 Å². The quantitative estimate of drug-likeness (QED) is 0.711. The van der Waals surface area contributed by atoms with Gasteiger partial charge in [0.2, 0.25) is 0 Å². The van der Waals surface area contributed by atoms with E-state index in [4.69, 9.17) is 16.1 Å². The van der Waals surface area contributed by atoms with Gasteiger partial charge in [0.05, 0.1) is 17.3 Å². The Labute approximate surface area is 145 Å². The zero-order valence-electron chi connectivity index (χ0n) is 13.2. The van der Waals surface area contributed by atoms with Crippen molar-refractivity contribution in [1.29, 1.82) is 0 Å². The molecule has 0 radical (unpaired) electrons. The van der Waals surface area contributed by atoms with Crippen LogP contribution in [-0.4, -0.2) is 37.4 Å². The van der Waals surface area contributed by atoms with E-state index >= 15 is 0 Å². The second kappa shape index (κ2) is 6.75. The van der Waals surface area contributed by atoms with Crippen LogP contribution in [0.15, 0.2) is 47.5 Å². The molecule has 1 aliphatic heterocycles. The van der Waals surface area contributed by atoms with Crippen molar-refractivity contribution in [2.45, 2.75) is 32.0 Å². The van der Waals surface area contributed by atoms with Gasteiger partial charge in [0, 0.05) is 24.2 Å². The third-order valence-corrected chi connectivity index (χ3v) is 4.76. The molecule has 0 N–H and O–H groups in total. The molecule has 0 bridgehead atoms. The lowest BCUT2D eigenvalue weighted by atomic mass is 10.1. The zero-order valence-corrected chi connectivity index (χ0v) is 13.9. The van der Waals surface area contributed by atoms with Gasteiger partial charge in [0.1, 0.15) is 12.7 Å². The third kappa shape index (κ3) is 3.20. The summed E-state index contributed by atoms with van der Waals surface area (Å²) in [6.07, 6.45) is 5.69. The molecule has 0 saturated carbocycles. The summed E-state index contributed by atoms with van der Waals surface area (Å²) in [6, 6.07) is 10.1. The van der Waals surface area contributed by atoms with E-state index in [9.17, 15) is 0 Å². The zero-order chi connectivity index (χ0) is 16.4. The Kier molecular flexibility index (Phi) is 4.32. The number of hydrogen-bond donors (Lipinski definition) is 0. The van der Waals surface area contributed by atoms with Crippen LogP contribution in [0.25, 0.3) is 11.3 Å². The maximum absolute atomic E-state index is 6.23. The molecule has 1 atom stereocenters. The molecule has 2 aromatic heterocycles. The van der Waals surface area contributed by atoms with Crippen LogP contribution >= 0.6 is 11.6 Å². The average Bonchev–Trinajstić information content (AvgIpc) is 3.32. The molecule has 0 spiro atoms. The lowest BCUT2D eigenvalue weighted by molar-refractivity contribution is 0.213. The summed E-state index contributed by atoms with van der Waals surface area (Å²) >= 11 is 6.23. The highest BCUT2D eigenvalue weighted by Crippen LogP contribution is 2.29. The molecule has 3 heterocycles. The second-order valence-corrected chi connectivity index (χ2v) is 6.45. The van der Waals surface area contributed by atoms with Gasteiger partial charge in [0.25, 0.3) is 0 Å². The lowest BCUT2D eigenvalue weighted by Gasteiger charge is -2.22. The van der Waals surface area contributed by atoms with Crippen molar-refractivity contribution < 1.29 is 4.52 Å². The summed E-state index contributed by atoms with van der Waals surface area (Å²) in [4.78, 5) is 6.44. The topological polar surface area (TPSA) is 60.0 Å². The second-order valence-electron chi connectivity index (χ2n) is 6.05. The normalized spacial score (nSPS) is 18.3. The van der Waals surface area contributed by atoms with Gasteiger partial charge in [-0.3, -0.25) is 9.58 Å². The molecule has 1 fully saturated rings. The maximum atomic E-state index is 6.23. The van der Waals surface area contributed by atoms with Gasteiger partial charge >= 0.3 is 0 Å². The van der Waals surface area contributed by atoms with E-state index in [1.165, 1.54) is 6.42 Å². The molecule has 3 aromatic rings. The number of halogens is 1. The summed E-state index contributed by atoms with van der Waals surface area (Å²) < 4.78 is 7.38. The first-order chi connectivity index (χ1) is 11.8. The molecule has 24 heavy (non-hydrogen) atoms. The van der Waals surface area contributed by atoms with Crippen molar-refractivity contribution in [3.05, 3.63) is 53.7 Å². The number of rotatable bonds is 5. The van der Waals surface area contributed by atoms with Crippen molar-refractivity contribution in [2.75, 3.05) is 6.54 Å². The molecule has 0 aliphatic carbocycles. The molecule has 1 saturated heterocycles. The van der Waals surface area contributed by atoms with Gasteiger partial charge in [-0.2, -0.15) is 5.10 Å². The van der Waals surface area contributed by atoms with E-state index in [-0.39, 0.29) is 0 Å². The number of benzene rings is 1. The summed E-state index contributed by atoms with van der Waals surface area (Å²) in [5, 5.41) is 9.10. The highest BCUT2D eigenvalue weighted by atomic mass is 35.5. The van der Waals surface area contributed by atoms with Crippen LogP contribution < -0.4 is 0 Å². The van der Waals surface area contributed by atoms with Gasteiger partial charge in [-0.25, -0.2) is 4.98 Å². The molecule has 1 aromatic carbocycles. The van der Waals surface area contributed by atoms with Crippen molar-refractivity contribution >= 4 is 11.6 Å². The highest BCUT2D eigenvalue weighted by Gasteiger charge is 2.26. The highest BCUT2D eigenvalue weighted by molar-refractivity contribution is 6.33. The number of nitrogens with zero attached hydrogens (tertiary/aromatic N) is 5. The minimum absolute atomic E-state index is 0.451. The van der Waals surface area contributed by atoms with E-state index in [0.29, 0.717) is 16.8 Å². The number of hydrogen-bond acceptors (Lipinski definition) is 5. The molecule has 0 amide bonds. The minimum atomic E-state index is 0.451. The summed E-state index contributed by atoms with van der Waals surface area (Å²) in [7, 11) is 0. The molecule has 1 aliphatic rings. The Morgan fingerprint density at radius 1 is 1.29 bits per heavy atom. The van der Waals surface area contributed by atoms with Crippen LogP contribution in [0.5, 0.6) is 0 Å². The van der Waals surface area contributed by atoms with Crippen molar-refractivity contribution in [3.63, 3.8) is 0 Å². The van der Waals surface area contributed by atoms with E-state index in [0.717, 1.165) is 37.3 Å². The SMILES string of the molecule is Clc1ccccc1-c1cc(CN2CCCC2Cn2cncn2)no1. The van der Waals surface area contributed by atoms with Crippen LogP contribution in [0.1, 0.15) is 18.5 Å². The predicted molar refractivity (Wildman–Crippen MR) is 90.4 cm³/mol. The largest absolute Gasteiger partial charge is 0.356 e. The molecule has 1 unspecified atom stereocenters. The fraction of sp³-hybridized carbons (Fsp3) is 0.353. The lowest BCUT2D eigenvalue weighted by Crippen LogP contribution is -2.32. The van der Waals surface area contributed by atoms with Gasteiger partial charge in [-0.05, 0) is 31.5 Å². The summed E-state index contributed by atoms with van der Waals surface area (Å²) in [6.45, 7) is 2.69. The van der Waals surface area contributed by atoms with Gasteiger partial charge in [-0.15, -0.1) is 0 Å². The fourth-order valence-corrected chi connectivity index (χ4v) is 3.46. The first-order valence-corrected chi connectivity index (χ1v) is 8.44. The van der Waals surface area contributed by atoms with E-state index in [2.05, 4.69) is 20.1 Å². The maximum Gasteiger partial charge on any atom is 0.168 e. The Morgan fingerprint density at radius 2 is 2.21 bits per heavy atom.